The Kier molecular flexibility index (Phi) is 6.28. The maximum atomic E-state index is 12.4. The molecule has 0 spiro atoms. The lowest BCUT2D eigenvalue weighted by Crippen LogP contribution is -2.27. The zero-order valence-corrected chi connectivity index (χ0v) is 15.4. The van der Waals surface area contributed by atoms with E-state index in [4.69, 9.17) is 36.9 Å². The molecule has 1 aliphatic rings. The molecule has 1 aliphatic carbocycles. The first kappa shape index (κ1) is 19.2. The van der Waals surface area contributed by atoms with Gasteiger partial charge >= 0.3 is 7.60 Å². The topological polar surface area (TPSA) is 135 Å². The quantitative estimate of drug-likeness (QED) is 0.413. The Bertz CT molecular complexity index is 619. The van der Waals surface area contributed by atoms with E-state index in [1.54, 1.807) is 13.8 Å². The van der Waals surface area contributed by atoms with Crippen molar-refractivity contribution in [2.24, 2.45) is 0 Å². The lowest BCUT2D eigenvalue weighted by Gasteiger charge is -2.22. The van der Waals surface area contributed by atoms with Crippen LogP contribution in [-0.2, 0) is 18.3 Å². The van der Waals surface area contributed by atoms with Gasteiger partial charge in [0.05, 0.1) is 18.8 Å². The summed E-state index contributed by atoms with van der Waals surface area (Å²) in [4.78, 5) is 7.79. The Morgan fingerprint density at radius 1 is 1.25 bits per heavy atom. The molecule has 1 aromatic rings. The number of nitrogen functional groups attached to an aromatic ring is 2. The molecule has 0 aromatic carbocycles. The zero-order valence-electron chi connectivity index (χ0n) is 13.7. The molecule has 11 heteroatoms. The minimum atomic E-state index is -3.24. The Labute approximate surface area is 145 Å². The second kappa shape index (κ2) is 7.84. The van der Waals surface area contributed by atoms with Crippen molar-refractivity contribution in [3.63, 3.8) is 0 Å². The van der Waals surface area contributed by atoms with Crippen LogP contribution in [0.2, 0.25) is 5.15 Å². The van der Waals surface area contributed by atoms with Crippen molar-refractivity contribution in [1.82, 2.24) is 9.97 Å². The number of aromatic nitrogens is 2. The monoisotopic (exact) mass is 379 g/mol. The summed E-state index contributed by atoms with van der Waals surface area (Å²) < 4.78 is 28.7. The highest BCUT2D eigenvalue weighted by molar-refractivity contribution is 7.53. The normalized spacial score (nSPS) is 16.1. The fourth-order valence-corrected chi connectivity index (χ4v) is 3.69. The van der Waals surface area contributed by atoms with Gasteiger partial charge in [-0.25, -0.2) is 0 Å². The average molecular weight is 380 g/mol. The van der Waals surface area contributed by atoms with Crippen LogP contribution in [0.4, 0.5) is 17.5 Å². The maximum absolute atomic E-state index is 12.4. The molecular formula is C13H23ClN5O4P. The fourth-order valence-electron chi connectivity index (χ4n) is 2.07. The van der Waals surface area contributed by atoms with Crippen LogP contribution >= 0.6 is 19.2 Å². The van der Waals surface area contributed by atoms with Crippen LogP contribution in [0.15, 0.2) is 0 Å². The fraction of sp³-hybridized carbons (Fsp3) is 0.692. The number of anilines is 3. The average Bonchev–Trinajstić information content (AvgIpc) is 3.29. The van der Waals surface area contributed by atoms with Crippen molar-refractivity contribution in [3.05, 3.63) is 5.15 Å². The number of nitrogens with two attached hydrogens (primary N) is 2. The highest BCUT2D eigenvalue weighted by atomic mass is 35.5. The van der Waals surface area contributed by atoms with Crippen molar-refractivity contribution >= 4 is 36.7 Å². The van der Waals surface area contributed by atoms with Gasteiger partial charge in [-0.3, -0.25) is 4.57 Å². The predicted octanol–water partition coefficient (Wildman–Crippen LogP) is 2.48. The molecule has 24 heavy (non-hydrogen) atoms. The molecule has 2 rings (SSSR count). The van der Waals surface area contributed by atoms with E-state index < -0.39 is 13.2 Å². The lowest BCUT2D eigenvalue weighted by atomic mass is 10.3. The molecule has 1 heterocycles. The second-order valence-electron chi connectivity index (χ2n) is 5.39. The largest absolute Gasteiger partial charge is 0.393 e. The summed E-state index contributed by atoms with van der Waals surface area (Å²) in [6.07, 6.45) is 1.53. The third kappa shape index (κ3) is 4.94. The van der Waals surface area contributed by atoms with Crippen LogP contribution in [0, 0.1) is 0 Å². The molecule has 9 nitrogen and oxygen atoms in total. The number of halogens is 1. The molecule has 0 atom stereocenters. The summed E-state index contributed by atoms with van der Waals surface area (Å²) in [5, 5.41) is 3.15. The van der Waals surface area contributed by atoms with E-state index >= 15 is 0 Å². The number of ether oxygens (including phenoxy) is 1. The molecule has 0 radical (unpaired) electrons. The molecule has 0 amide bonds. The minimum Gasteiger partial charge on any atom is -0.393 e. The Morgan fingerprint density at radius 3 is 2.42 bits per heavy atom. The molecule has 1 fully saturated rings. The standard InChI is InChI=1S/C13H23ClN5O4P/c1-3-22-24(20,23-4-2)8-21-13(5-6-13)7-17-11-9(15)10(14)18-12(16)19-11/h3-8,15H2,1-2H3,(H3,16,17,18,19). The molecule has 5 N–H and O–H groups in total. The van der Waals surface area contributed by atoms with Gasteiger partial charge < -0.3 is 30.6 Å². The highest BCUT2D eigenvalue weighted by Gasteiger charge is 2.46. The van der Waals surface area contributed by atoms with Gasteiger partial charge in [0.15, 0.2) is 11.0 Å². The first-order valence-corrected chi connectivity index (χ1v) is 9.78. The number of nitrogens with one attached hydrogen (secondary N) is 1. The van der Waals surface area contributed by atoms with Crippen molar-refractivity contribution in [2.75, 3.05) is 42.9 Å². The lowest BCUT2D eigenvalue weighted by molar-refractivity contribution is 0.0557. The molecule has 136 valence electrons. The number of rotatable bonds is 10. The van der Waals surface area contributed by atoms with Crippen molar-refractivity contribution < 1.29 is 18.3 Å². The van der Waals surface area contributed by atoms with E-state index in [0.29, 0.717) is 25.6 Å². The summed E-state index contributed by atoms with van der Waals surface area (Å²) in [6, 6.07) is 0. The summed E-state index contributed by atoms with van der Waals surface area (Å²) >= 11 is 5.88. The van der Waals surface area contributed by atoms with E-state index in [9.17, 15) is 4.57 Å². The van der Waals surface area contributed by atoms with Crippen LogP contribution in [0.3, 0.4) is 0 Å². The van der Waals surface area contributed by atoms with Crippen molar-refractivity contribution in [1.29, 1.82) is 0 Å². The molecule has 0 saturated heterocycles. The van der Waals surface area contributed by atoms with E-state index in [1.165, 1.54) is 0 Å². The van der Waals surface area contributed by atoms with Gasteiger partial charge in [-0.05, 0) is 26.7 Å². The Hall–Kier alpha value is -1.12. The smallest absolute Gasteiger partial charge is 0.356 e. The molecule has 1 aromatic heterocycles. The van der Waals surface area contributed by atoms with Gasteiger partial charge in [0.2, 0.25) is 5.95 Å². The third-order valence-corrected chi connectivity index (χ3v) is 5.52. The van der Waals surface area contributed by atoms with E-state index in [-0.39, 0.29) is 23.1 Å². The van der Waals surface area contributed by atoms with E-state index in [2.05, 4.69) is 15.3 Å². The van der Waals surface area contributed by atoms with Crippen LogP contribution in [-0.4, -0.2) is 41.7 Å². The van der Waals surface area contributed by atoms with E-state index in [0.717, 1.165) is 12.8 Å². The van der Waals surface area contributed by atoms with Gasteiger partial charge in [0.25, 0.3) is 0 Å². The summed E-state index contributed by atoms with van der Waals surface area (Å²) in [5.74, 6) is 0.375. The highest BCUT2D eigenvalue weighted by Crippen LogP contribution is 2.51. The van der Waals surface area contributed by atoms with Crippen LogP contribution in [0.25, 0.3) is 0 Å². The van der Waals surface area contributed by atoms with Crippen LogP contribution < -0.4 is 16.8 Å². The molecule has 0 unspecified atom stereocenters. The molecule has 1 saturated carbocycles. The number of hydrogen-bond acceptors (Lipinski definition) is 9. The zero-order chi connectivity index (χ0) is 17.8. The van der Waals surface area contributed by atoms with Crippen LogP contribution in [0.1, 0.15) is 26.7 Å². The Morgan fingerprint density at radius 2 is 1.88 bits per heavy atom. The van der Waals surface area contributed by atoms with Crippen molar-refractivity contribution in [2.45, 2.75) is 32.3 Å². The van der Waals surface area contributed by atoms with Crippen molar-refractivity contribution in [3.8, 4) is 0 Å². The minimum absolute atomic E-state index is 0.0275. The maximum Gasteiger partial charge on any atom is 0.356 e. The van der Waals surface area contributed by atoms with Gasteiger partial charge in [-0.15, -0.1) is 0 Å². The van der Waals surface area contributed by atoms with Gasteiger partial charge in [-0.1, -0.05) is 11.6 Å². The first-order valence-electron chi connectivity index (χ1n) is 7.67. The van der Waals surface area contributed by atoms with Crippen LogP contribution in [0.5, 0.6) is 0 Å². The van der Waals surface area contributed by atoms with Gasteiger partial charge in [-0.2, -0.15) is 9.97 Å². The van der Waals surface area contributed by atoms with E-state index in [1.807, 2.05) is 0 Å². The first-order chi connectivity index (χ1) is 11.3. The number of hydrogen-bond donors (Lipinski definition) is 3. The summed E-state index contributed by atoms with van der Waals surface area (Å²) in [7, 11) is -3.24. The van der Waals surface area contributed by atoms with Gasteiger partial charge in [0.1, 0.15) is 12.0 Å². The van der Waals surface area contributed by atoms with Gasteiger partial charge in [0, 0.05) is 6.54 Å². The molecular weight excluding hydrogens is 357 g/mol. The number of nitrogens with zero attached hydrogens (tertiary/aromatic N) is 2. The summed E-state index contributed by atoms with van der Waals surface area (Å²) in [6.45, 7) is 4.52. The second-order valence-corrected chi connectivity index (χ2v) is 7.75. The molecule has 0 aliphatic heterocycles. The Balaban J connectivity index is 1.94. The predicted molar refractivity (Wildman–Crippen MR) is 93.1 cm³/mol. The molecule has 0 bridgehead atoms. The third-order valence-electron chi connectivity index (χ3n) is 3.48. The summed E-state index contributed by atoms with van der Waals surface area (Å²) in [5.41, 5.74) is 11.1. The SMILES string of the molecule is CCOP(=O)(COC1(CNc2nc(N)nc(Cl)c2N)CC1)OCC.